The Bertz CT molecular complexity index is 529. The predicted octanol–water partition coefficient (Wildman–Crippen LogP) is 1.59. The topological polar surface area (TPSA) is 54.2 Å². The third kappa shape index (κ3) is 2.61. The first-order valence-corrected chi connectivity index (χ1v) is 6.60. The maximum atomic E-state index is 4.22. The second-order valence-electron chi connectivity index (χ2n) is 4.96. The van der Waals surface area contributed by atoms with E-state index >= 15 is 0 Å². The molecule has 0 radical (unpaired) electrons. The van der Waals surface area contributed by atoms with E-state index < -0.39 is 0 Å². The highest BCUT2D eigenvalue weighted by molar-refractivity contribution is 5.51. The van der Waals surface area contributed by atoms with E-state index in [1.165, 1.54) is 18.4 Å². The molecule has 2 heterocycles. The maximum Gasteiger partial charge on any atom is 0.157 e. The minimum atomic E-state index is 0.797. The van der Waals surface area contributed by atoms with E-state index in [1.807, 2.05) is 10.6 Å². The Kier molecular flexibility index (Phi) is 3.15. The smallest absolute Gasteiger partial charge is 0.157 e. The number of fused-ring (bicyclic) bond motifs is 1. The molecule has 0 aliphatic heterocycles. The molecule has 2 aromatic rings. The molecule has 0 amide bonds. The van der Waals surface area contributed by atoms with Crippen molar-refractivity contribution in [3.8, 4) is 0 Å². The lowest BCUT2D eigenvalue weighted by atomic mass is 10.3. The highest BCUT2D eigenvalue weighted by atomic mass is 15.3. The van der Waals surface area contributed by atoms with Gasteiger partial charge in [-0.3, -0.25) is 0 Å². The van der Waals surface area contributed by atoms with Crippen LogP contribution >= 0.6 is 0 Å². The number of aromatic nitrogens is 3. The van der Waals surface area contributed by atoms with Crippen molar-refractivity contribution in [1.82, 2.24) is 19.9 Å². The Morgan fingerprint density at radius 1 is 1.33 bits per heavy atom. The van der Waals surface area contributed by atoms with Crippen molar-refractivity contribution in [3.05, 3.63) is 24.0 Å². The molecule has 1 fully saturated rings. The molecule has 2 aromatic heterocycles. The van der Waals surface area contributed by atoms with Crippen molar-refractivity contribution in [3.63, 3.8) is 0 Å². The van der Waals surface area contributed by atoms with Crippen LogP contribution in [0.15, 0.2) is 18.5 Å². The molecule has 0 unspecified atom stereocenters. The van der Waals surface area contributed by atoms with Crippen LogP contribution in [0.25, 0.3) is 5.65 Å². The lowest BCUT2D eigenvalue weighted by Gasteiger charge is -2.09. The minimum Gasteiger partial charge on any atom is -0.370 e. The molecule has 3 rings (SSSR count). The van der Waals surface area contributed by atoms with Crippen LogP contribution in [0.5, 0.6) is 0 Å². The zero-order chi connectivity index (χ0) is 12.4. The molecular formula is C13H19N5. The molecule has 0 aromatic carbocycles. The van der Waals surface area contributed by atoms with Crippen LogP contribution in [-0.4, -0.2) is 33.7 Å². The summed E-state index contributed by atoms with van der Waals surface area (Å²) in [7, 11) is 0. The van der Waals surface area contributed by atoms with Crippen LogP contribution in [0.4, 0.5) is 5.82 Å². The molecule has 5 heteroatoms. The van der Waals surface area contributed by atoms with Gasteiger partial charge in [0.15, 0.2) is 5.65 Å². The fraction of sp³-hybridized carbons (Fsp3) is 0.538. The van der Waals surface area contributed by atoms with E-state index in [4.69, 9.17) is 0 Å². The summed E-state index contributed by atoms with van der Waals surface area (Å²) in [6.07, 6.45) is 5.42. The van der Waals surface area contributed by atoms with Crippen molar-refractivity contribution in [2.45, 2.75) is 32.2 Å². The fourth-order valence-electron chi connectivity index (χ4n) is 2.08. The molecular weight excluding hydrogens is 226 g/mol. The lowest BCUT2D eigenvalue weighted by molar-refractivity contribution is 0.658. The van der Waals surface area contributed by atoms with E-state index in [1.54, 1.807) is 6.33 Å². The molecule has 1 aliphatic rings. The second-order valence-corrected chi connectivity index (χ2v) is 4.96. The molecule has 0 bridgehead atoms. The number of rotatable bonds is 6. The number of hydrogen-bond acceptors (Lipinski definition) is 4. The Balaban J connectivity index is 1.57. The van der Waals surface area contributed by atoms with Crippen molar-refractivity contribution in [2.24, 2.45) is 0 Å². The summed E-state index contributed by atoms with van der Waals surface area (Å²) in [4.78, 5) is 4.22. The Morgan fingerprint density at radius 2 is 2.22 bits per heavy atom. The third-order valence-corrected chi connectivity index (χ3v) is 3.19. The summed E-state index contributed by atoms with van der Waals surface area (Å²) in [6, 6.07) is 4.94. The van der Waals surface area contributed by atoms with Crippen LogP contribution < -0.4 is 10.6 Å². The number of aryl methyl sites for hydroxylation is 1. The first-order chi connectivity index (χ1) is 8.83. The quantitative estimate of drug-likeness (QED) is 0.759. The van der Waals surface area contributed by atoms with Crippen LogP contribution in [0, 0.1) is 6.92 Å². The average molecular weight is 245 g/mol. The molecule has 0 spiro atoms. The Labute approximate surface area is 107 Å². The molecule has 1 aliphatic carbocycles. The summed E-state index contributed by atoms with van der Waals surface area (Å²) >= 11 is 0. The standard InChI is InChI=1S/C13H19N5/c1-10-7-12(18-13(8-10)16-9-17-18)15-6-2-5-14-11-3-4-11/h7-9,11,14-15H,2-6H2,1H3. The van der Waals surface area contributed by atoms with Gasteiger partial charge in [-0.2, -0.15) is 9.61 Å². The molecule has 1 saturated carbocycles. The number of hydrogen-bond donors (Lipinski definition) is 2. The van der Waals surface area contributed by atoms with Crippen molar-refractivity contribution < 1.29 is 0 Å². The first-order valence-electron chi connectivity index (χ1n) is 6.60. The highest BCUT2D eigenvalue weighted by Crippen LogP contribution is 2.18. The van der Waals surface area contributed by atoms with Gasteiger partial charge in [-0.1, -0.05) is 0 Å². The summed E-state index contributed by atoms with van der Waals surface area (Å²) in [5.74, 6) is 1.02. The first kappa shape index (κ1) is 11.5. The lowest BCUT2D eigenvalue weighted by Crippen LogP contribution is -2.20. The number of anilines is 1. The Hall–Kier alpha value is -1.62. The molecule has 18 heavy (non-hydrogen) atoms. The summed E-state index contributed by atoms with van der Waals surface area (Å²) in [5.41, 5.74) is 2.10. The number of nitrogens with one attached hydrogen (secondary N) is 2. The predicted molar refractivity (Wildman–Crippen MR) is 71.9 cm³/mol. The van der Waals surface area contributed by atoms with Gasteiger partial charge in [0.25, 0.3) is 0 Å². The van der Waals surface area contributed by atoms with Gasteiger partial charge >= 0.3 is 0 Å². The summed E-state index contributed by atoms with van der Waals surface area (Å²) in [5, 5.41) is 11.2. The summed E-state index contributed by atoms with van der Waals surface area (Å²) < 4.78 is 1.85. The van der Waals surface area contributed by atoms with Crippen LogP contribution in [0.1, 0.15) is 24.8 Å². The number of pyridine rings is 1. The molecule has 0 atom stereocenters. The van der Waals surface area contributed by atoms with E-state index in [0.29, 0.717) is 0 Å². The van der Waals surface area contributed by atoms with Gasteiger partial charge in [0, 0.05) is 12.6 Å². The number of nitrogens with zero attached hydrogens (tertiary/aromatic N) is 3. The van der Waals surface area contributed by atoms with E-state index in [9.17, 15) is 0 Å². The normalized spacial score (nSPS) is 15.2. The van der Waals surface area contributed by atoms with E-state index in [0.717, 1.165) is 37.0 Å². The van der Waals surface area contributed by atoms with Gasteiger partial charge < -0.3 is 10.6 Å². The van der Waals surface area contributed by atoms with E-state index in [2.05, 4.69) is 33.7 Å². The fourth-order valence-corrected chi connectivity index (χ4v) is 2.08. The zero-order valence-corrected chi connectivity index (χ0v) is 10.7. The van der Waals surface area contributed by atoms with Crippen LogP contribution in [0.3, 0.4) is 0 Å². The van der Waals surface area contributed by atoms with Gasteiger partial charge in [-0.05, 0) is 50.4 Å². The third-order valence-electron chi connectivity index (χ3n) is 3.19. The summed E-state index contributed by atoms with van der Waals surface area (Å²) in [6.45, 7) is 4.12. The maximum absolute atomic E-state index is 4.22. The van der Waals surface area contributed by atoms with Gasteiger partial charge in [-0.25, -0.2) is 4.98 Å². The average Bonchev–Trinajstić information content (AvgIpc) is 3.05. The molecule has 96 valence electrons. The van der Waals surface area contributed by atoms with Crippen molar-refractivity contribution >= 4 is 11.5 Å². The highest BCUT2D eigenvalue weighted by Gasteiger charge is 2.19. The molecule has 0 saturated heterocycles. The SMILES string of the molecule is Cc1cc(NCCCNC2CC2)n2ncnc2c1. The van der Waals surface area contributed by atoms with Crippen LogP contribution in [0.2, 0.25) is 0 Å². The van der Waals surface area contributed by atoms with Crippen molar-refractivity contribution in [2.75, 3.05) is 18.4 Å². The van der Waals surface area contributed by atoms with Crippen LogP contribution in [-0.2, 0) is 0 Å². The van der Waals surface area contributed by atoms with Crippen molar-refractivity contribution in [1.29, 1.82) is 0 Å². The minimum absolute atomic E-state index is 0.797. The zero-order valence-electron chi connectivity index (χ0n) is 10.7. The van der Waals surface area contributed by atoms with Gasteiger partial charge in [-0.15, -0.1) is 0 Å². The Morgan fingerprint density at radius 3 is 3.06 bits per heavy atom. The van der Waals surface area contributed by atoms with Gasteiger partial charge in [0.1, 0.15) is 12.1 Å². The second kappa shape index (κ2) is 4.94. The van der Waals surface area contributed by atoms with E-state index in [-0.39, 0.29) is 0 Å². The van der Waals surface area contributed by atoms with Gasteiger partial charge in [0.2, 0.25) is 0 Å². The largest absolute Gasteiger partial charge is 0.370 e. The molecule has 5 nitrogen and oxygen atoms in total. The van der Waals surface area contributed by atoms with Gasteiger partial charge in [0.05, 0.1) is 0 Å². The monoisotopic (exact) mass is 245 g/mol. The molecule has 2 N–H and O–H groups in total.